The van der Waals surface area contributed by atoms with E-state index < -0.39 is 5.54 Å². The Morgan fingerprint density at radius 2 is 1.69 bits per heavy atom. The molecule has 5 heteroatoms. The van der Waals surface area contributed by atoms with Gasteiger partial charge in [-0.15, -0.1) is 0 Å². The number of carbonyl (C=O) groups is 2. The van der Waals surface area contributed by atoms with Gasteiger partial charge in [0.25, 0.3) is 5.91 Å². The molecule has 0 aromatic heterocycles. The van der Waals surface area contributed by atoms with E-state index in [1.807, 2.05) is 30.3 Å². The van der Waals surface area contributed by atoms with Gasteiger partial charge in [-0.05, 0) is 50.6 Å². The zero-order valence-corrected chi connectivity index (χ0v) is 15.7. The highest BCUT2D eigenvalue weighted by molar-refractivity contribution is 6.30. The number of Topliss-reactive ketones (excluding diaryl/α,β-unsaturated/α-hetero) is 1. The lowest BCUT2D eigenvalue weighted by molar-refractivity contribution is -0.136. The van der Waals surface area contributed by atoms with E-state index in [1.165, 1.54) is 4.90 Å². The fraction of sp³-hybridized carbons (Fsp3) is 0.238. The van der Waals surface area contributed by atoms with Crippen LogP contribution in [-0.4, -0.2) is 28.9 Å². The van der Waals surface area contributed by atoms with Gasteiger partial charge < -0.3 is 4.74 Å². The number of nitrogens with zero attached hydrogens (tertiary/aromatic N) is 1. The van der Waals surface area contributed by atoms with Crippen LogP contribution < -0.4 is 0 Å². The summed E-state index contributed by atoms with van der Waals surface area (Å²) >= 11 is 5.90. The average Bonchev–Trinajstić information content (AvgIpc) is 2.62. The number of hydrogen-bond acceptors (Lipinski definition) is 3. The van der Waals surface area contributed by atoms with Crippen LogP contribution in [0.15, 0.2) is 60.4 Å². The molecule has 2 aromatic carbocycles. The van der Waals surface area contributed by atoms with E-state index in [9.17, 15) is 9.59 Å². The van der Waals surface area contributed by atoms with Gasteiger partial charge in [0.05, 0.1) is 5.57 Å². The molecule has 134 valence electrons. The Balaban J connectivity index is 1.95. The van der Waals surface area contributed by atoms with Crippen molar-refractivity contribution >= 4 is 28.9 Å². The van der Waals surface area contributed by atoms with Crippen LogP contribution in [0.5, 0.6) is 0 Å². The summed E-state index contributed by atoms with van der Waals surface area (Å²) < 4.78 is 5.73. The minimum Gasteiger partial charge on any atom is -0.477 e. The number of ketones is 1. The van der Waals surface area contributed by atoms with Crippen LogP contribution in [0.4, 0.5) is 0 Å². The standard InChI is InChI=1S/C21H20ClNO3/c1-14-18(15-7-5-4-6-8-15)20(25)23(13-26-14)21(2,3)19(24)16-9-11-17(22)12-10-16/h4-12H,13H2,1-3H3. The summed E-state index contributed by atoms with van der Waals surface area (Å²) in [5, 5.41) is 0.557. The van der Waals surface area contributed by atoms with Crippen molar-refractivity contribution in [2.75, 3.05) is 6.73 Å². The molecule has 0 radical (unpaired) electrons. The fourth-order valence-corrected chi connectivity index (χ4v) is 3.13. The molecule has 0 N–H and O–H groups in total. The Bertz CT molecular complexity index is 870. The SMILES string of the molecule is CC1=C(c2ccccc2)C(=O)N(C(C)(C)C(=O)c2ccc(Cl)cc2)CO1. The predicted molar refractivity (Wildman–Crippen MR) is 102 cm³/mol. The van der Waals surface area contributed by atoms with Crippen LogP contribution in [-0.2, 0) is 9.53 Å². The monoisotopic (exact) mass is 369 g/mol. The van der Waals surface area contributed by atoms with E-state index in [4.69, 9.17) is 16.3 Å². The highest BCUT2D eigenvalue weighted by Crippen LogP contribution is 2.32. The van der Waals surface area contributed by atoms with Crippen LogP contribution in [0.2, 0.25) is 5.02 Å². The van der Waals surface area contributed by atoms with Crippen LogP contribution in [0, 0.1) is 0 Å². The molecule has 0 fully saturated rings. The molecular formula is C21H20ClNO3. The molecule has 4 nitrogen and oxygen atoms in total. The molecular weight excluding hydrogens is 350 g/mol. The zero-order chi connectivity index (χ0) is 18.9. The molecule has 0 aliphatic carbocycles. The van der Waals surface area contributed by atoms with E-state index in [-0.39, 0.29) is 18.4 Å². The number of rotatable bonds is 4. The van der Waals surface area contributed by atoms with Gasteiger partial charge in [-0.3, -0.25) is 14.5 Å². The van der Waals surface area contributed by atoms with Crippen molar-refractivity contribution in [3.05, 3.63) is 76.5 Å². The van der Waals surface area contributed by atoms with Gasteiger partial charge in [0, 0.05) is 10.6 Å². The number of allylic oxidation sites excluding steroid dienone is 1. The summed E-state index contributed by atoms with van der Waals surface area (Å²) in [6.07, 6.45) is 0. The summed E-state index contributed by atoms with van der Waals surface area (Å²) in [5.41, 5.74) is 0.689. The van der Waals surface area contributed by atoms with Gasteiger partial charge in [0.2, 0.25) is 0 Å². The van der Waals surface area contributed by atoms with Crippen molar-refractivity contribution < 1.29 is 14.3 Å². The second kappa shape index (κ2) is 6.96. The summed E-state index contributed by atoms with van der Waals surface area (Å²) in [6, 6.07) is 16.0. The molecule has 1 amide bonds. The first-order chi connectivity index (χ1) is 12.3. The van der Waals surface area contributed by atoms with Crippen molar-refractivity contribution in [3.8, 4) is 0 Å². The third-order valence-corrected chi connectivity index (χ3v) is 4.87. The number of amides is 1. The van der Waals surface area contributed by atoms with Crippen LogP contribution in [0.3, 0.4) is 0 Å². The molecule has 2 aromatic rings. The van der Waals surface area contributed by atoms with Crippen molar-refractivity contribution in [2.45, 2.75) is 26.3 Å². The van der Waals surface area contributed by atoms with Crippen LogP contribution in [0.1, 0.15) is 36.7 Å². The molecule has 1 aliphatic heterocycles. The van der Waals surface area contributed by atoms with E-state index in [2.05, 4.69) is 0 Å². The predicted octanol–water partition coefficient (Wildman–Crippen LogP) is 4.55. The first kappa shape index (κ1) is 18.2. The minimum absolute atomic E-state index is 0.0350. The molecule has 26 heavy (non-hydrogen) atoms. The maximum Gasteiger partial charge on any atom is 0.261 e. The summed E-state index contributed by atoms with van der Waals surface area (Å²) in [7, 11) is 0. The van der Waals surface area contributed by atoms with Gasteiger partial charge >= 0.3 is 0 Å². The van der Waals surface area contributed by atoms with Crippen molar-refractivity contribution in [1.29, 1.82) is 0 Å². The Kier molecular flexibility index (Phi) is 4.88. The number of hydrogen-bond donors (Lipinski definition) is 0. The highest BCUT2D eigenvalue weighted by Gasteiger charge is 2.42. The van der Waals surface area contributed by atoms with Gasteiger partial charge in [0.1, 0.15) is 11.3 Å². The summed E-state index contributed by atoms with van der Waals surface area (Å²) in [4.78, 5) is 27.7. The average molecular weight is 370 g/mol. The van der Waals surface area contributed by atoms with Gasteiger partial charge in [-0.1, -0.05) is 41.9 Å². The number of benzene rings is 2. The fourth-order valence-electron chi connectivity index (χ4n) is 3.00. The lowest BCUT2D eigenvalue weighted by Crippen LogP contribution is -2.55. The lowest BCUT2D eigenvalue weighted by Gasteiger charge is -2.40. The quantitative estimate of drug-likeness (QED) is 0.743. The van der Waals surface area contributed by atoms with E-state index in [0.717, 1.165) is 5.56 Å². The molecule has 0 saturated carbocycles. The topological polar surface area (TPSA) is 46.6 Å². The Morgan fingerprint density at radius 3 is 2.31 bits per heavy atom. The third-order valence-electron chi connectivity index (χ3n) is 4.62. The van der Waals surface area contributed by atoms with E-state index in [1.54, 1.807) is 45.0 Å². The maximum absolute atomic E-state index is 13.2. The van der Waals surface area contributed by atoms with E-state index in [0.29, 0.717) is 21.9 Å². The van der Waals surface area contributed by atoms with E-state index >= 15 is 0 Å². The molecule has 1 heterocycles. The highest BCUT2D eigenvalue weighted by atomic mass is 35.5. The number of ether oxygens (including phenoxy) is 1. The van der Waals surface area contributed by atoms with Gasteiger partial charge in [-0.25, -0.2) is 0 Å². The lowest BCUT2D eigenvalue weighted by atomic mass is 9.89. The molecule has 0 bridgehead atoms. The van der Waals surface area contributed by atoms with Gasteiger partial charge in [-0.2, -0.15) is 0 Å². The largest absolute Gasteiger partial charge is 0.477 e. The maximum atomic E-state index is 13.2. The molecule has 0 spiro atoms. The summed E-state index contributed by atoms with van der Waals surface area (Å²) in [5.74, 6) is 0.178. The number of halogens is 1. The summed E-state index contributed by atoms with van der Waals surface area (Å²) in [6.45, 7) is 5.27. The smallest absolute Gasteiger partial charge is 0.261 e. The molecule has 0 atom stereocenters. The molecule has 3 rings (SSSR count). The minimum atomic E-state index is -1.06. The molecule has 1 aliphatic rings. The van der Waals surface area contributed by atoms with Crippen molar-refractivity contribution in [3.63, 3.8) is 0 Å². The normalized spacial score (nSPS) is 15.1. The Labute approximate surface area is 158 Å². The zero-order valence-electron chi connectivity index (χ0n) is 15.0. The first-order valence-electron chi connectivity index (χ1n) is 8.34. The second-order valence-corrected chi connectivity index (χ2v) is 7.14. The van der Waals surface area contributed by atoms with Crippen molar-refractivity contribution in [1.82, 2.24) is 4.90 Å². The number of carbonyl (C=O) groups excluding carboxylic acids is 2. The Hall–Kier alpha value is -2.59. The Morgan fingerprint density at radius 1 is 1.08 bits per heavy atom. The van der Waals surface area contributed by atoms with Crippen molar-refractivity contribution in [2.24, 2.45) is 0 Å². The van der Waals surface area contributed by atoms with Gasteiger partial charge in [0.15, 0.2) is 12.5 Å². The second-order valence-electron chi connectivity index (χ2n) is 6.70. The van der Waals surface area contributed by atoms with Crippen LogP contribution in [0.25, 0.3) is 5.57 Å². The first-order valence-corrected chi connectivity index (χ1v) is 8.71. The molecule has 0 saturated heterocycles. The third kappa shape index (κ3) is 3.25. The van der Waals surface area contributed by atoms with Crippen LogP contribution >= 0.6 is 11.6 Å². The molecule has 0 unspecified atom stereocenters.